The normalized spacial score (nSPS) is 32.2. The number of thioether (sulfide) groups is 1. The van der Waals surface area contributed by atoms with Crippen LogP contribution in [0.3, 0.4) is 0 Å². The lowest BCUT2D eigenvalue weighted by Gasteiger charge is -2.39. The maximum Gasteiger partial charge on any atom is 0.466 e. The molecule has 0 bridgehead atoms. The largest absolute Gasteiger partial charge is 0.466 e. The molecule has 1 fully saturated rings. The van der Waals surface area contributed by atoms with Gasteiger partial charge < -0.3 is 25.2 Å². The Morgan fingerprint density at radius 2 is 1.88 bits per heavy atom. The van der Waals surface area contributed by atoms with Crippen molar-refractivity contribution in [1.82, 2.24) is 0 Å². The Kier molecular flexibility index (Phi) is 8.35. The van der Waals surface area contributed by atoms with Gasteiger partial charge in [-0.25, -0.2) is 4.28 Å². The highest BCUT2D eigenvalue weighted by Crippen LogP contribution is 2.30. The zero-order valence-corrected chi connectivity index (χ0v) is 14.9. The molecular formula is C12H23NO9S2. The first-order valence-corrected chi connectivity index (χ1v) is 9.49. The van der Waals surface area contributed by atoms with Gasteiger partial charge in [0, 0.05) is 0 Å². The van der Waals surface area contributed by atoms with Crippen molar-refractivity contribution in [3.05, 3.63) is 0 Å². The first-order chi connectivity index (χ1) is 11.0. The predicted molar refractivity (Wildman–Crippen MR) is 85.5 cm³/mol. The number of hydrogen-bond donors (Lipinski definition) is 5. The lowest BCUT2D eigenvalue weighted by molar-refractivity contribution is -0.205. The highest BCUT2D eigenvalue weighted by molar-refractivity contribution is 8.14. The minimum absolute atomic E-state index is 0.102. The zero-order valence-electron chi connectivity index (χ0n) is 13.2. The molecule has 5 N–H and O–H groups in total. The molecule has 0 unspecified atom stereocenters. The van der Waals surface area contributed by atoms with Crippen LogP contribution in [0.15, 0.2) is 5.16 Å². The molecule has 0 aliphatic carbocycles. The fourth-order valence-electron chi connectivity index (χ4n) is 1.93. The summed E-state index contributed by atoms with van der Waals surface area (Å²) in [6.07, 6.45) is -4.75. The SMILES string of the molecule is CC(C)CC/C(=N\OS(=O)(=O)O)S[C@H]1O[C@@H](CO)[C@H](O)[C@H](O)[C@H]1O. The zero-order chi connectivity index (χ0) is 18.5. The van der Waals surface area contributed by atoms with E-state index in [0.717, 1.165) is 11.8 Å². The van der Waals surface area contributed by atoms with E-state index in [9.17, 15) is 23.7 Å². The molecular weight excluding hydrogens is 366 g/mol. The Morgan fingerprint density at radius 3 is 2.38 bits per heavy atom. The lowest BCUT2D eigenvalue weighted by Crippen LogP contribution is -2.57. The second kappa shape index (κ2) is 9.29. The topological polar surface area (TPSA) is 166 Å². The van der Waals surface area contributed by atoms with Crippen LogP contribution in [0.5, 0.6) is 0 Å². The molecule has 0 spiro atoms. The molecule has 1 aliphatic rings. The number of ether oxygens (including phenoxy) is 1. The van der Waals surface area contributed by atoms with E-state index in [-0.39, 0.29) is 17.4 Å². The van der Waals surface area contributed by atoms with Crippen LogP contribution in [0.2, 0.25) is 0 Å². The summed E-state index contributed by atoms with van der Waals surface area (Å²) in [7, 11) is -4.78. The molecule has 24 heavy (non-hydrogen) atoms. The molecule has 10 nitrogen and oxygen atoms in total. The van der Waals surface area contributed by atoms with Gasteiger partial charge in [-0.05, 0) is 18.8 Å². The first kappa shape index (κ1) is 21.6. The van der Waals surface area contributed by atoms with Crippen LogP contribution in [0, 0.1) is 5.92 Å². The van der Waals surface area contributed by atoms with Crippen LogP contribution >= 0.6 is 11.8 Å². The fourth-order valence-corrected chi connectivity index (χ4v) is 3.24. The molecule has 1 heterocycles. The summed E-state index contributed by atoms with van der Waals surface area (Å²) in [5.41, 5.74) is -1.11. The van der Waals surface area contributed by atoms with E-state index in [0.29, 0.717) is 6.42 Å². The van der Waals surface area contributed by atoms with Crippen molar-refractivity contribution in [1.29, 1.82) is 0 Å². The Balaban J connectivity index is 2.86. The lowest BCUT2D eigenvalue weighted by atomic mass is 10.0. The molecule has 0 aromatic rings. The third-order valence-corrected chi connectivity index (χ3v) is 4.71. The number of oxime groups is 1. The summed E-state index contributed by atoms with van der Waals surface area (Å²) in [5.74, 6) is 0.260. The smallest absolute Gasteiger partial charge is 0.394 e. The van der Waals surface area contributed by atoms with Gasteiger partial charge in [0.1, 0.15) is 34.9 Å². The van der Waals surface area contributed by atoms with E-state index < -0.39 is 46.9 Å². The second-order valence-corrected chi connectivity index (χ2v) is 7.91. The minimum atomic E-state index is -4.78. The van der Waals surface area contributed by atoms with Gasteiger partial charge >= 0.3 is 10.4 Å². The minimum Gasteiger partial charge on any atom is -0.394 e. The van der Waals surface area contributed by atoms with Gasteiger partial charge in [0.05, 0.1) is 6.61 Å². The van der Waals surface area contributed by atoms with Gasteiger partial charge in [0.15, 0.2) is 0 Å². The number of hydrogen-bond acceptors (Lipinski definition) is 10. The Bertz CT molecular complexity index is 523. The van der Waals surface area contributed by atoms with Crippen LogP contribution in [0.1, 0.15) is 26.7 Å². The van der Waals surface area contributed by atoms with Gasteiger partial charge in [-0.3, -0.25) is 4.55 Å². The summed E-state index contributed by atoms with van der Waals surface area (Å²) in [6, 6.07) is 0. The van der Waals surface area contributed by atoms with Crippen LogP contribution < -0.4 is 0 Å². The molecule has 12 heteroatoms. The summed E-state index contributed by atoms with van der Waals surface area (Å²) >= 11 is 0.776. The number of aliphatic hydroxyl groups is 4. The van der Waals surface area contributed by atoms with Gasteiger partial charge in [-0.1, -0.05) is 30.8 Å². The van der Waals surface area contributed by atoms with Crippen molar-refractivity contribution in [2.45, 2.75) is 56.5 Å². The quantitative estimate of drug-likeness (QED) is 0.159. The fraction of sp³-hybridized carbons (Fsp3) is 0.917. The average Bonchev–Trinajstić information content (AvgIpc) is 2.49. The summed E-state index contributed by atoms with van der Waals surface area (Å²) in [5, 5.41) is 42.0. The summed E-state index contributed by atoms with van der Waals surface area (Å²) < 4.78 is 39.2. The molecule has 0 amide bonds. The summed E-state index contributed by atoms with van der Waals surface area (Å²) in [6.45, 7) is 3.28. The van der Waals surface area contributed by atoms with Gasteiger partial charge in [0.2, 0.25) is 0 Å². The van der Waals surface area contributed by atoms with Crippen LogP contribution in [-0.4, -0.2) is 74.9 Å². The third kappa shape index (κ3) is 6.80. The Hall–Kier alpha value is -0.470. The molecule has 1 aliphatic heterocycles. The van der Waals surface area contributed by atoms with Crippen LogP contribution in [-0.2, 0) is 19.4 Å². The average molecular weight is 389 g/mol. The highest BCUT2D eigenvalue weighted by Gasteiger charge is 2.44. The van der Waals surface area contributed by atoms with Gasteiger partial charge in [0.25, 0.3) is 0 Å². The van der Waals surface area contributed by atoms with Crippen molar-refractivity contribution in [3.8, 4) is 0 Å². The van der Waals surface area contributed by atoms with Crippen LogP contribution in [0.25, 0.3) is 0 Å². The van der Waals surface area contributed by atoms with Crippen molar-refractivity contribution < 1.29 is 42.4 Å². The van der Waals surface area contributed by atoms with E-state index in [1.165, 1.54) is 0 Å². The molecule has 142 valence electrons. The van der Waals surface area contributed by atoms with Crippen molar-refractivity contribution in [2.75, 3.05) is 6.61 Å². The predicted octanol–water partition coefficient (Wildman–Crippen LogP) is -0.911. The van der Waals surface area contributed by atoms with E-state index >= 15 is 0 Å². The molecule has 0 aromatic carbocycles. The molecule has 0 aromatic heterocycles. The van der Waals surface area contributed by atoms with Crippen molar-refractivity contribution in [2.24, 2.45) is 11.1 Å². The van der Waals surface area contributed by atoms with E-state index in [1.807, 2.05) is 13.8 Å². The Labute approximate surface area is 144 Å². The molecule has 0 radical (unpaired) electrons. The van der Waals surface area contributed by atoms with E-state index in [2.05, 4.69) is 9.44 Å². The van der Waals surface area contributed by atoms with Crippen LogP contribution in [0.4, 0.5) is 0 Å². The standard InChI is InChI=1S/C12H23NO9S2/c1-6(2)3-4-8(13-22-24(18,19)20)23-12-11(17)10(16)9(15)7(5-14)21-12/h6-7,9-12,14-17H,3-5H2,1-2H3,(H,18,19,20)/b13-8+/t7-,9-,10-,11+,12+/m0/s1. The molecule has 1 rings (SSSR count). The molecule has 1 saturated heterocycles. The number of aliphatic hydroxyl groups excluding tert-OH is 4. The number of nitrogens with zero attached hydrogens (tertiary/aromatic N) is 1. The molecule has 5 atom stereocenters. The van der Waals surface area contributed by atoms with E-state index in [4.69, 9.17) is 14.4 Å². The van der Waals surface area contributed by atoms with Gasteiger partial charge in [-0.2, -0.15) is 8.42 Å². The monoisotopic (exact) mass is 389 g/mol. The highest BCUT2D eigenvalue weighted by atomic mass is 32.3. The molecule has 0 saturated carbocycles. The second-order valence-electron chi connectivity index (χ2n) is 5.73. The first-order valence-electron chi connectivity index (χ1n) is 7.25. The van der Waals surface area contributed by atoms with E-state index in [1.54, 1.807) is 0 Å². The van der Waals surface area contributed by atoms with Gasteiger partial charge in [-0.15, -0.1) is 0 Å². The maximum atomic E-state index is 10.7. The summed E-state index contributed by atoms with van der Waals surface area (Å²) in [4.78, 5) is 0. The Morgan fingerprint density at radius 1 is 1.25 bits per heavy atom. The maximum absolute atomic E-state index is 10.7. The van der Waals surface area contributed by atoms with Crippen molar-refractivity contribution >= 4 is 27.2 Å². The number of rotatable bonds is 7. The third-order valence-electron chi connectivity index (χ3n) is 3.27. The van der Waals surface area contributed by atoms with Crippen molar-refractivity contribution in [3.63, 3.8) is 0 Å².